The zero-order valence-corrected chi connectivity index (χ0v) is 13.8. The van der Waals surface area contributed by atoms with E-state index in [2.05, 4.69) is 6.07 Å². The minimum atomic E-state index is 0.0927. The Balaban J connectivity index is 1.95. The number of nitrogens with two attached hydrogens (primary N) is 1. The van der Waals surface area contributed by atoms with Crippen molar-refractivity contribution in [3.05, 3.63) is 22.8 Å². The van der Waals surface area contributed by atoms with Crippen LogP contribution in [0.25, 0.3) is 0 Å². The van der Waals surface area contributed by atoms with E-state index in [1.165, 1.54) is 61.6 Å². The van der Waals surface area contributed by atoms with Crippen LogP contribution in [0.5, 0.6) is 11.5 Å². The lowest BCUT2D eigenvalue weighted by molar-refractivity contribution is 0.361. The molecule has 3 heteroatoms. The van der Waals surface area contributed by atoms with Gasteiger partial charge in [0.15, 0.2) is 0 Å². The lowest BCUT2D eigenvalue weighted by atomic mass is 9.75. The van der Waals surface area contributed by atoms with Gasteiger partial charge in [-0.05, 0) is 50.0 Å². The fourth-order valence-corrected chi connectivity index (χ4v) is 5.42. The lowest BCUT2D eigenvalue weighted by Crippen LogP contribution is -2.33. The summed E-state index contributed by atoms with van der Waals surface area (Å²) in [7, 11) is 3.64. The standard InChI is InChI=1S/C19H27NO2/c1-21-15-10-14(19(11-20)7-3-4-8-19)18(22-2)17-13-6-5-12(9-13)16(15)17/h10,12-13H,3-9,11,20H2,1-2H3. The van der Waals surface area contributed by atoms with Gasteiger partial charge in [0.25, 0.3) is 0 Å². The van der Waals surface area contributed by atoms with Crippen LogP contribution >= 0.6 is 0 Å². The number of benzene rings is 1. The van der Waals surface area contributed by atoms with E-state index >= 15 is 0 Å². The summed E-state index contributed by atoms with van der Waals surface area (Å²) in [6.45, 7) is 0.708. The Morgan fingerprint density at radius 2 is 1.77 bits per heavy atom. The highest BCUT2D eigenvalue weighted by atomic mass is 16.5. The molecule has 0 aromatic heterocycles. The van der Waals surface area contributed by atoms with Crippen molar-refractivity contribution in [2.75, 3.05) is 20.8 Å². The molecule has 0 saturated heterocycles. The van der Waals surface area contributed by atoms with Crippen LogP contribution in [0.3, 0.4) is 0 Å². The summed E-state index contributed by atoms with van der Waals surface area (Å²) >= 11 is 0. The Bertz CT molecular complexity index is 590. The van der Waals surface area contributed by atoms with Crippen LogP contribution in [0.2, 0.25) is 0 Å². The topological polar surface area (TPSA) is 44.5 Å². The van der Waals surface area contributed by atoms with E-state index in [1.54, 1.807) is 0 Å². The van der Waals surface area contributed by atoms with E-state index in [-0.39, 0.29) is 5.41 Å². The third-order valence-electron chi connectivity index (χ3n) is 6.52. The molecule has 1 aromatic rings. The van der Waals surface area contributed by atoms with Crippen molar-refractivity contribution in [1.29, 1.82) is 0 Å². The molecule has 2 N–H and O–H groups in total. The van der Waals surface area contributed by atoms with Crippen LogP contribution < -0.4 is 15.2 Å². The van der Waals surface area contributed by atoms with Crippen LogP contribution in [-0.4, -0.2) is 20.8 Å². The Morgan fingerprint density at radius 3 is 2.36 bits per heavy atom. The molecule has 120 valence electrons. The number of rotatable bonds is 4. The number of hydrogen-bond donors (Lipinski definition) is 1. The second kappa shape index (κ2) is 5.16. The molecule has 1 aromatic carbocycles. The summed E-state index contributed by atoms with van der Waals surface area (Å²) in [6, 6.07) is 2.26. The molecule has 2 fully saturated rings. The van der Waals surface area contributed by atoms with Crippen molar-refractivity contribution in [1.82, 2.24) is 0 Å². The highest BCUT2D eigenvalue weighted by Crippen LogP contribution is 2.61. The summed E-state index contributed by atoms with van der Waals surface area (Å²) in [5.41, 5.74) is 10.5. The van der Waals surface area contributed by atoms with Crippen molar-refractivity contribution < 1.29 is 9.47 Å². The molecular formula is C19H27NO2. The molecule has 0 amide bonds. The summed E-state index contributed by atoms with van der Waals surface area (Å²) < 4.78 is 11.8. The van der Waals surface area contributed by atoms with Gasteiger partial charge in [-0.15, -0.1) is 0 Å². The van der Waals surface area contributed by atoms with Crippen molar-refractivity contribution in [2.24, 2.45) is 5.73 Å². The molecule has 3 aliphatic carbocycles. The highest BCUT2D eigenvalue weighted by Gasteiger charge is 2.45. The maximum absolute atomic E-state index is 6.24. The molecule has 2 atom stereocenters. The maximum atomic E-state index is 6.24. The minimum absolute atomic E-state index is 0.0927. The summed E-state index contributed by atoms with van der Waals surface area (Å²) in [5, 5.41) is 0. The Labute approximate surface area is 133 Å². The zero-order chi connectivity index (χ0) is 15.3. The molecule has 2 bridgehead atoms. The van der Waals surface area contributed by atoms with E-state index in [4.69, 9.17) is 15.2 Å². The van der Waals surface area contributed by atoms with E-state index < -0.39 is 0 Å². The fraction of sp³-hybridized carbons (Fsp3) is 0.684. The van der Waals surface area contributed by atoms with Gasteiger partial charge < -0.3 is 15.2 Å². The largest absolute Gasteiger partial charge is 0.496 e. The first-order valence-electron chi connectivity index (χ1n) is 8.73. The van der Waals surface area contributed by atoms with Gasteiger partial charge in [0.2, 0.25) is 0 Å². The van der Waals surface area contributed by atoms with Gasteiger partial charge in [0.05, 0.1) is 14.2 Å². The van der Waals surface area contributed by atoms with E-state index in [0.29, 0.717) is 18.4 Å². The smallest absolute Gasteiger partial charge is 0.126 e. The Morgan fingerprint density at radius 1 is 1.09 bits per heavy atom. The van der Waals surface area contributed by atoms with Gasteiger partial charge in [0, 0.05) is 28.7 Å². The molecule has 3 nitrogen and oxygen atoms in total. The SMILES string of the molecule is COc1cc(C2(CN)CCCC2)c(OC)c2c1C1CCC2C1. The van der Waals surface area contributed by atoms with Crippen LogP contribution in [0, 0.1) is 0 Å². The number of ether oxygens (including phenoxy) is 2. The van der Waals surface area contributed by atoms with Crippen LogP contribution in [0.4, 0.5) is 0 Å². The first kappa shape index (κ1) is 14.4. The van der Waals surface area contributed by atoms with Gasteiger partial charge in [0.1, 0.15) is 11.5 Å². The van der Waals surface area contributed by atoms with Gasteiger partial charge >= 0.3 is 0 Å². The number of hydrogen-bond acceptors (Lipinski definition) is 3. The molecular weight excluding hydrogens is 274 g/mol. The second-order valence-electron chi connectivity index (χ2n) is 7.39. The van der Waals surface area contributed by atoms with Gasteiger partial charge in [-0.25, -0.2) is 0 Å². The van der Waals surface area contributed by atoms with Gasteiger partial charge in [-0.3, -0.25) is 0 Å². The molecule has 3 aliphatic rings. The first-order valence-corrected chi connectivity index (χ1v) is 8.73. The molecule has 4 rings (SSSR count). The molecule has 0 heterocycles. The summed E-state index contributed by atoms with van der Waals surface area (Å²) in [5.74, 6) is 3.56. The fourth-order valence-electron chi connectivity index (χ4n) is 5.42. The molecule has 2 unspecified atom stereocenters. The third-order valence-corrected chi connectivity index (χ3v) is 6.52. The lowest BCUT2D eigenvalue weighted by Gasteiger charge is -2.33. The van der Waals surface area contributed by atoms with Crippen molar-refractivity contribution in [3.8, 4) is 11.5 Å². The van der Waals surface area contributed by atoms with Crippen LogP contribution in [0.15, 0.2) is 6.07 Å². The third kappa shape index (κ3) is 1.78. The predicted molar refractivity (Wildman–Crippen MR) is 88.1 cm³/mol. The van der Waals surface area contributed by atoms with Crippen LogP contribution in [0.1, 0.15) is 73.5 Å². The zero-order valence-electron chi connectivity index (χ0n) is 13.8. The van der Waals surface area contributed by atoms with Gasteiger partial charge in [-0.1, -0.05) is 12.8 Å². The minimum Gasteiger partial charge on any atom is -0.496 e. The average Bonchev–Trinajstić information content (AvgIpc) is 3.29. The quantitative estimate of drug-likeness (QED) is 0.919. The highest BCUT2D eigenvalue weighted by molar-refractivity contribution is 5.62. The number of fused-ring (bicyclic) bond motifs is 5. The van der Waals surface area contributed by atoms with E-state index in [0.717, 1.165) is 11.5 Å². The van der Waals surface area contributed by atoms with Crippen molar-refractivity contribution >= 4 is 0 Å². The first-order chi connectivity index (χ1) is 10.7. The second-order valence-corrected chi connectivity index (χ2v) is 7.39. The van der Waals surface area contributed by atoms with Crippen molar-refractivity contribution in [2.45, 2.75) is 62.2 Å². The van der Waals surface area contributed by atoms with Gasteiger partial charge in [-0.2, -0.15) is 0 Å². The van der Waals surface area contributed by atoms with E-state index in [9.17, 15) is 0 Å². The monoisotopic (exact) mass is 301 g/mol. The molecule has 22 heavy (non-hydrogen) atoms. The van der Waals surface area contributed by atoms with Crippen molar-refractivity contribution in [3.63, 3.8) is 0 Å². The predicted octanol–water partition coefficient (Wildman–Crippen LogP) is 3.84. The normalized spacial score (nSPS) is 28.0. The summed E-state index contributed by atoms with van der Waals surface area (Å²) in [6.07, 6.45) is 8.78. The molecule has 0 radical (unpaired) electrons. The Kier molecular flexibility index (Phi) is 3.37. The number of methoxy groups -OCH3 is 2. The average molecular weight is 301 g/mol. The molecule has 0 spiro atoms. The molecule has 0 aliphatic heterocycles. The maximum Gasteiger partial charge on any atom is 0.126 e. The van der Waals surface area contributed by atoms with E-state index in [1.807, 2.05) is 14.2 Å². The molecule has 2 saturated carbocycles. The Hall–Kier alpha value is -1.22. The summed E-state index contributed by atoms with van der Waals surface area (Å²) in [4.78, 5) is 0. The van der Waals surface area contributed by atoms with Crippen LogP contribution in [-0.2, 0) is 5.41 Å².